The molecule has 2 aromatic rings. The zero-order chi connectivity index (χ0) is 16.8. The number of hydrogen-bond acceptors (Lipinski definition) is 5. The molecule has 0 radical (unpaired) electrons. The van der Waals surface area contributed by atoms with Crippen LogP contribution in [0.4, 0.5) is 0 Å². The Balaban J connectivity index is 2.40. The molecule has 1 unspecified atom stereocenters. The standard InChI is InChI=1S/C18H20O5/c1-3-23-18(21)11-15(12-4-7-14(19)8-5-12)13-6-9-16(20)17(10-13)22-2/h4-10,15,19-20H,3,11H2,1-2H3. The maximum atomic E-state index is 11.9. The predicted octanol–water partition coefficient (Wildman–Crippen LogP) is 3.19. The quantitative estimate of drug-likeness (QED) is 0.800. The summed E-state index contributed by atoms with van der Waals surface area (Å²) in [6.45, 7) is 2.08. The molecule has 0 saturated heterocycles. The summed E-state index contributed by atoms with van der Waals surface area (Å²) < 4.78 is 10.2. The van der Waals surface area contributed by atoms with E-state index in [1.807, 2.05) is 0 Å². The van der Waals surface area contributed by atoms with E-state index in [1.54, 1.807) is 43.3 Å². The average Bonchev–Trinajstić information content (AvgIpc) is 2.54. The lowest BCUT2D eigenvalue weighted by Crippen LogP contribution is -2.11. The summed E-state index contributed by atoms with van der Waals surface area (Å²) in [6, 6.07) is 11.7. The molecule has 0 spiro atoms. The van der Waals surface area contributed by atoms with Crippen molar-refractivity contribution in [3.05, 3.63) is 53.6 Å². The number of carbonyl (C=O) groups excluding carboxylic acids is 1. The van der Waals surface area contributed by atoms with E-state index in [4.69, 9.17) is 9.47 Å². The Bertz CT molecular complexity index is 664. The van der Waals surface area contributed by atoms with Crippen LogP contribution in [0.3, 0.4) is 0 Å². The fraction of sp³-hybridized carbons (Fsp3) is 0.278. The smallest absolute Gasteiger partial charge is 0.306 e. The number of carbonyl (C=O) groups is 1. The Labute approximate surface area is 135 Å². The number of phenolic OH excluding ortho intramolecular Hbond substituents is 2. The SMILES string of the molecule is CCOC(=O)CC(c1ccc(O)cc1)c1ccc(O)c(OC)c1. The Morgan fingerprint density at radius 1 is 1.09 bits per heavy atom. The Hall–Kier alpha value is -2.69. The van der Waals surface area contributed by atoms with Crippen LogP contribution in [-0.4, -0.2) is 29.9 Å². The lowest BCUT2D eigenvalue weighted by molar-refractivity contribution is -0.143. The number of methoxy groups -OCH3 is 1. The fourth-order valence-electron chi connectivity index (χ4n) is 2.43. The van der Waals surface area contributed by atoms with Gasteiger partial charge in [-0.05, 0) is 42.3 Å². The maximum Gasteiger partial charge on any atom is 0.306 e. The molecular weight excluding hydrogens is 296 g/mol. The highest BCUT2D eigenvalue weighted by Gasteiger charge is 2.20. The first-order valence-corrected chi connectivity index (χ1v) is 7.36. The van der Waals surface area contributed by atoms with Crippen LogP contribution in [-0.2, 0) is 9.53 Å². The molecule has 2 aromatic carbocycles. The van der Waals surface area contributed by atoms with Crippen molar-refractivity contribution >= 4 is 5.97 Å². The van der Waals surface area contributed by atoms with Crippen LogP contribution in [0.5, 0.6) is 17.2 Å². The molecule has 0 aromatic heterocycles. The number of ether oxygens (including phenoxy) is 2. The normalized spacial score (nSPS) is 11.7. The van der Waals surface area contributed by atoms with Crippen molar-refractivity contribution in [2.24, 2.45) is 0 Å². The molecule has 0 aliphatic heterocycles. The summed E-state index contributed by atoms with van der Waals surface area (Å²) in [4.78, 5) is 11.9. The Kier molecular flexibility index (Phi) is 5.46. The van der Waals surface area contributed by atoms with Crippen LogP contribution in [0.25, 0.3) is 0 Å². The molecule has 0 saturated carbocycles. The number of hydrogen-bond donors (Lipinski definition) is 2. The highest BCUT2D eigenvalue weighted by molar-refractivity contribution is 5.71. The first-order chi connectivity index (χ1) is 11.0. The van der Waals surface area contributed by atoms with E-state index < -0.39 is 0 Å². The molecule has 0 aliphatic rings. The molecular formula is C18H20O5. The predicted molar refractivity (Wildman–Crippen MR) is 85.9 cm³/mol. The van der Waals surface area contributed by atoms with E-state index in [-0.39, 0.29) is 29.8 Å². The number of esters is 1. The molecule has 0 fully saturated rings. The molecule has 122 valence electrons. The van der Waals surface area contributed by atoms with Gasteiger partial charge in [0.1, 0.15) is 5.75 Å². The van der Waals surface area contributed by atoms with Gasteiger partial charge in [0.15, 0.2) is 11.5 Å². The van der Waals surface area contributed by atoms with Crippen LogP contribution < -0.4 is 4.74 Å². The summed E-state index contributed by atoms with van der Waals surface area (Å²) in [5, 5.41) is 19.2. The van der Waals surface area contributed by atoms with Gasteiger partial charge in [0, 0.05) is 5.92 Å². The van der Waals surface area contributed by atoms with Crippen molar-refractivity contribution in [1.29, 1.82) is 0 Å². The second-order valence-corrected chi connectivity index (χ2v) is 5.08. The zero-order valence-corrected chi connectivity index (χ0v) is 13.2. The molecule has 23 heavy (non-hydrogen) atoms. The van der Waals surface area contributed by atoms with Crippen LogP contribution in [0.15, 0.2) is 42.5 Å². The van der Waals surface area contributed by atoms with Crippen molar-refractivity contribution in [3.63, 3.8) is 0 Å². The first-order valence-electron chi connectivity index (χ1n) is 7.36. The minimum atomic E-state index is -0.308. The lowest BCUT2D eigenvalue weighted by atomic mass is 9.88. The molecule has 0 amide bonds. The Morgan fingerprint density at radius 2 is 1.74 bits per heavy atom. The molecule has 0 heterocycles. The number of benzene rings is 2. The minimum Gasteiger partial charge on any atom is -0.508 e. The number of aromatic hydroxyl groups is 2. The van der Waals surface area contributed by atoms with Gasteiger partial charge in [0.05, 0.1) is 20.1 Å². The van der Waals surface area contributed by atoms with Gasteiger partial charge in [0.2, 0.25) is 0 Å². The number of rotatable bonds is 6. The van der Waals surface area contributed by atoms with Crippen LogP contribution in [0.1, 0.15) is 30.4 Å². The van der Waals surface area contributed by atoms with Crippen molar-refractivity contribution < 1.29 is 24.5 Å². The van der Waals surface area contributed by atoms with Gasteiger partial charge in [-0.2, -0.15) is 0 Å². The van der Waals surface area contributed by atoms with Gasteiger partial charge >= 0.3 is 5.97 Å². The van der Waals surface area contributed by atoms with E-state index >= 15 is 0 Å². The average molecular weight is 316 g/mol. The number of phenols is 2. The van der Waals surface area contributed by atoms with Gasteiger partial charge in [-0.1, -0.05) is 18.2 Å². The summed E-state index contributed by atoms with van der Waals surface area (Å²) in [5.74, 6) is -0.0272. The van der Waals surface area contributed by atoms with Crippen LogP contribution in [0.2, 0.25) is 0 Å². The van der Waals surface area contributed by atoms with Crippen molar-refractivity contribution in [2.45, 2.75) is 19.3 Å². The minimum absolute atomic E-state index is 0.0387. The highest BCUT2D eigenvalue weighted by Crippen LogP contribution is 2.35. The maximum absolute atomic E-state index is 11.9. The summed E-state index contributed by atoms with van der Waals surface area (Å²) >= 11 is 0. The highest BCUT2D eigenvalue weighted by atomic mass is 16.5. The molecule has 2 N–H and O–H groups in total. The monoisotopic (exact) mass is 316 g/mol. The van der Waals surface area contributed by atoms with Gasteiger partial charge in [0.25, 0.3) is 0 Å². The lowest BCUT2D eigenvalue weighted by Gasteiger charge is -2.18. The molecule has 5 nitrogen and oxygen atoms in total. The fourth-order valence-corrected chi connectivity index (χ4v) is 2.43. The van der Waals surface area contributed by atoms with E-state index in [9.17, 15) is 15.0 Å². The van der Waals surface area contributed by atoms with Gasteiger partial charge in [-0.25, -0.2) is 0 Å². The topological polar surface area (TPSA) is 76.0 Å². The molecule has 1 atom stereocenters. The third-order valence-corrected chi connectivity index (χ3v) is 3.58. The molecule has 0 bridgehead atoms. The third-order valence-electron chi connectivity index (χ3n) is 3.58. The van der Waals surface area contributed by atoms with Crippen molar-refractivity contribution in [2.75, 3.05) is 13.7 Å². The van der Waals surface area contributed by atoms with E-state index in [1.165, 1.54) is 13.2 Å². The van der Waals surface area contributed by atoms with Gasteiger partial charge in [-0.15, -0.1) is 0 Å². The van der Waals surface area contributed by atoms with E-state index in [2.05, 4.69) is 0 Å². The van der Waals surface area contributed by atoms with Crippen LogP contribution >= 0.6 is 0 Å². The summed E-state index contributed by atoms with van der Waals surface area (Å²) in [5.41, 5.74) is 1.68. The molecule has 0 aliphatic carbocycles. The van der Waals surface area contributed by atoms with Crippen LogP contribution in [0, 0.1) is 0 Å². The van der Waals surface area contributed by atoms with Crippen molar-refractivity contribution in [1.82, 2.24) is 0 Å². The van der Waals surface area contributed by atoms with E-state index in [0.29, 0.717) is 12.4 Å². The van der Waals surface area contributed by atoms with Crippen molar-refractivity contribution in [3.8, 4) is 17.2 Å². The largest absolute Gasteiger partial charge is 0.508 e. The molecule has 5 heteroatoms. The third kappa shape index (κ3) is 4.16. The summed E-state index contributed by atoms with van der Waals surface area (Å²) in [6.07, 6.45) is 0.159. The van der Waals surface area contributed by atoms with Gasteiger partial charge in [-0.3, -0.25) is 4.79 Å². The first kappa shape index (κ1) is 16.7. The summed E-state index contributed by atoms with van der Waals surface area (Å²) in [7, 11) is 1.47. The molecule has 2 rings (SSSR count). The second-order valence-electron chi connectivity index (χ2n) is 5.08. The second kappa shape index (κ2) is 7.54. The Morgan fingerprint density at radius 3 is 2.35 bits per heavy atom. The van der Waals surface area contributed by atoms with E-state index in [0.717, 1.165) is 11.1 Å². The van der Waals surface area contributed by atoms with Gasteiger partial charge < -0.3 is 19.7 Å². The zero-order valence-electron chi connectivity index (χ0n) is 13.2.